The molecule has 0 bridgehead atoms. The fourth-order valence-electron chi connectivity index (χ4n) is 1.89. The number of carbonyl (C=O) groups excluding carboxylic acids is 1. The number of pyridine rings is 1. The van der Waals surface area contributed by atoms with Crippen LogP contribution in [0, 0.1) is 13.8 Å². The highest BCUT2D eigenvalue weighted by Crippen LogP contribution is 2.17. The van der Waals surface area contributed by atoms with Gasteiger partial charge in [0.25, 0.3) is 11.5 Å². The molecule has 2 aromatic rings. The van der Waals surface area contributed by atoms with Crippen LogP contribution in [0.5, 0.6) is 5.75 Å². The molecule has 5 heteroatoms. The van der Waals surface area contributed by atoms with Crippen molar-refractivity contribution in [3.8, 4) is 5.75 Å². The van der Waals surface area contributed by atoms with E-state index in [1.165, 1.54) is 6.20 Å². The van der Waals surface area contributed by atoms with Crippen molar-refractivity contribution in [2.75, 3.05) is 5.32 Å². The topological polar surface area (TPSA) is 82.2 Å². The molecule has 0 unspecified atom stereocenters. The van der Waals surface area contributed by atoms with Gasteiger partial charge < -0.3 is 15.4 Å². The van der Waals surface area contributed by atoms with Crippen molar-refractivity contribution in [1.29, 1.82) is 0 Å². The summed E-state index contributed by atoms with van der Waals surface area (Å²) in [6.07, 6.45) is 1.19. The SMILES string of the molecule is Cc1cc(C)cc(NC(=O)c2c[nH]c(=O)cc2O)c1. The summed E-state index contributed by atoms with van der Waals surface area (Å²) in [5.41, 5.74) is 2.27. The first kappa shape index (κ1) is 12.9. The molecule has 19 heavy (non-hydrogen) atoms. The van der Waals surface area contributed by atoms with E-state index in [0.29, 0.717) is 5.69 Å². The molecular formula is C14H14N2O3. The molecule has 1 amide bonds. The molecule has 0 aliphatic rings. The maximum atomic E-state index is 12.0. The number of aromatic nitrogens is 1. The number of aromatic amines is 1. The van der Waals surface area contributed by atoms with E-state index < -0.39 is 11.5 Å². The van der Waals surface area contributed by atoms with Gasteiger partial charge in [0.2, 0.25) is 0 Å². The Bertz CT molecular complexity index is 669. The molecule has 0 saturated carbocycles. The van der Waals surface area contributed by atoms with Gasteiger partial charge in [-0.05, 0) is 37.1 Å². The third kappa shape index (κ3) is 3.01. The number of amides is 1. The number of hydrogen-bond donors (Lipinski definition) is 3. The van der Waals surface area contributed by atoms with Crippen LogP contribution in [0.1, 0.15) is 21.5 Å². The highest BCUT2D eigenvalue weighted by atomic mass is 16.3. The Balaban J connectivity index is 2.28. The van der Waals surface area contributed by atoms with Crippen molar-refractivity contribution < 1.29 is 9.90 Å². The van der Waals surface area contributed by atoms with E-state index in [2.05, 4.69) is 10.3 Å². The monoisotopic (exact) mass is 258 g/mol. The van der Waals surface area contributed by atoms with Crippen LogP contribution in [0.25, 0.3) is 0 Å². The molecule has 1 heterocycles. The molecule has 0 fully saturated rings. The number of H-pyrrole nitrogens is 1. The average molecular weight is 258 g/mol. The van der Waals surface area contributed by atoms with Crippen LogP contribution >= 0.6 is 0 Å². The number of carbonyl (C=O) groups is 1. The fraction of sp³-hybridized carbons (Fsp3) is 0.143. The summed E-state index contributed by atoms with van der Waals surface area (Å²) < 4.78 is 0. The zero-order valence-corrected chi connectivity index (χ0v) is 10.7. The van der Waals surface area contributed by atoms with Gasteiger partial charge in [0, 0.05) is 18.0 Å². The summed E-state index contributed by atoms with van der Waals surface area (Å²) in [4.78, 5) is 25.3. The molecule has 5 nitrogen and oxygen atoms in total. The second-order valence-electron chi connectivity index (χ2n) is 4.43. The lowest BCUT2D eigenvalue weighted by Crippen LogP contribution is -2.15. The summed E-state index contributed by atoms with van der Waals surface area (Å²) in [7, 11) is 0. The van der Waals surface area contributed by atoms with Gasteiger partial charge in [-0.2, -0.15) is 0 Å². The fourth-order valence-corrected chi connectivity index (χ4v) is 1.89. The van der Waals surface area contributed by atoms with Crippen LogP contribution in [0.15, 0.2) is 35.3 Å². The van der Waals surface area contributed by atoms with Crippen LogP contribution in [0.3, 0.4) is 0 Å². The summed E-state index contributed by atoms with van der Waals surface area (Å²) in [5.74, 6) is -0.815. The molecule has 98 valence electrons. The molecule has 3 N–H and O–H groups in total. The van der Waals surface area contributed by atoms with Crippen molar-refractivity contribution in [3.05, 3.63) is 57.5 Å². The number of benzene rings is 1. The molecule has 1 aromatic carbocycles. The Labute approximate surface area is 109 Å². The van der Waals surface area contributed by atoms with E-state index in [9.17, 15) is 14.7 Å². The molecule has 2 rings (SSSR count). The van der Waals surface area contributed by atoms with E-state index >= 15 is 0 Å². The third-order valence-electron chi connectivity index (χ3n) is 2.63. The largest absolute Gasteiger partial charge is 0.507 e. The molecule has 0 aliphatic carbocycles. The normalized spacial score (nSPS) is 10.2. The van der Waals surface area contributed by atoms with Gasteiger partial charge in [0.1, 0.15) is 5.75 Å². The van der Waals surface area contributed by atoms with Gasteiger partial charge in [-0.3, -0.25) is 9.59 Å². The minimum Gasteiger partial charge on any atom is -0.507 e. The predicted octanol–water partition coefficient (Wildman–Crippen LogP) is 1.95. The van der Waals surface area contributed by atoms with Crippen molar-refractivity contribution in [1.82, 2.24) is 4.98 Å². The lowest BCUT2D eigenvalue weighted by Gasteiger charge is -2.08. The number of anilines is 1. The second-order valence-corrected chi connectivity index (χ2v) is 4.43. The minimum absolute atomic E-state index is 0.0266. The first-order valence-electron chi connectivity index (χ1n) is 5.77. The number of aromatic hydroxyl groups is 1. The Morgan fingerprint density at radius 2 is 1.79 bits per heavy atom. The van der Waals surface area contributed by atoms with Crippen molar-refractivity contribution in [3.63, 3.8) is 0 Å². The Morgan fingerprint density at radius 3 is 2.37 bits per heavy atom. The summed E-state index contributed by atoms with van der Waals surface area (Å²) in [6, 6.07) is 6.62. The van der Waals surface area contributed by atoms with Crippen LogP contribution in [0.2, 0.25) is 0 Å². The Morgan fingerprint density at radius 1 is 1.16 bits per heavy atom. The van der Waals surface area contributed by atoms with Gasteiger partial charge in [-0.1, -0.05) is 6.07 Å². The number of nitrogens with one attached hydrogen (secondary N) is 2. The highest BCUT2D eigenvalue weighted by molar-refractivity contribution is 6.05. The lowest BCUT2D eigenvalue weighted by molar-refractivity contribution is 0.102. The molecule has 0 aliphatic heterocycles. The van der Waals surface area contributed by atoms with Crippen molar-refractivity contribution >= 4 is 11.6 Å². The van der Waals surface area contributed by atoms with E-state index in [1.54, 1.807) is 0 Å². The first-order chi connectivity index (χ1) is 8.95. The van der Waals surface area contributed by atoms with Gasteiger partial charge in [0.15, 0.2) is 0 Å². The van der Waals surface area contributed by atoms with Gasteiger partial charge in [-0.25, -0.2) is 0 Å². The summed E-state index contributed by atoms with van der Waals surface area (Å²) >= 11 is 0. The zero-order valence-electron chi connectivity index (χ0n) is 10.7. The highest BCUT2D eigenvalue weighted by Gasteiger charge is 2.12. The van der Waals surface area contributed by atoms with Gasteiger partial charge in [0.05, 0.1) is 5.56 Å². The lowest BCUT2D eigenvalue weighted by atomic mass is 10.1. The number of aryl methyl sites for hydroxylation is 2. The Hall–Kier alpha value is -2.56. The standard InChI is InChI=1S/C14H14N2O3/c1-8-3-9(2)5-10(4-8)16-14(19)11-7-15-13(18)6-12(11)17/h3-7H,1-2H3,(H,16,19)(H2,15,17,18). The van der Waals surface area contributed by atoms with Crippen LogP contribution < -0.4 is 10.9 Å². The molecule has 0 atom stereocenters. The number of rotatable bonds is 2. The average Bonchev–Trinajstić information content (AvgIpc) is 2.26. The third-order valence-corrected chi connectivity index (χ3v) is 2.63. The van der Waals surface area contributed by atoms with E-state index in [4.69, 9.17) is 0 Å². The predicted molar refractivity (Wildman–Crippen MR) is 72.6 cm³/mol. The molecule has 0 radical (unpaired) electrons. The van der Waals surface area contributed by atoms with Crippen molar-refractivity contribution in [2.45, 2.75) is 13.8 Å². The molecular weight excluding hydrogens is 244 g/mol. The zero-order chi connectivity index (χ0) is 14.0. The maximum Gasteiger partial charge on any atom is 0.260 e. The van der Waals surface area contributed by atoms with Crippen molar-refractivity contribution in [2.24, 2.45) is 0 Å². The van der Waals surface area contributed by atoms with Gasteiger partial charge in [-0.15, -0.1) is 0 Å². The Kier molecular flexibility index (Phi) is 3.37. The minimum atomic E-state index is -0.473. The molecule has 0 spiro atoms. The van der Waals surface area contributed by atoms with Crippen LogP contribution in [-0.4, -0.2) is 16.0 Å². The second kappa shape index (κ2) is 4.97. The smallest absolute Gasteiger partial charge is 0.260 e. The molecule has 0 saturated heterocycles. The van der Waals surface area contributed by atoms with Crippen LogP contribution in [0.4, 0.5) is 5.69 Å². The number of hydrogen-bond acceptors (Lipinski definition) is 3. The first-order valence-corrected chi connectivity index (χ1v) is 5.77. The quantitative estimate of drug-likeness (QED) is 0.770. The van der Waals surface area contributed by atoms with Gasteiger partial charge >= 0.3 is 0 Å². The van der Waals surface area contributed by atoms with E-state index in [1.807, 2.05) is 32.0 Å². The molecule has 1 aromatic heterocycles. The summed E-state index contributed by atoms with van der Waals surface area (Å²) in [6.45, 7) is 3.86. The van der Waals surface area contributed by atoms with Crippen LogP contribution in [-0.2, 0) is 0 Å². The van der Waals surface area contributed by atoms with E-state index in [0.717, 1.165) is 17.2 Å². The summed E-state index contributed by atoms with van der Waals surface area (Å²) in [5, 5.41) is 12.2. The maximum absolute atomic E-state index is 12.0. The van der Waals surface area contributed by atoms with E-state index in [-0.39, 0.29) is 11.3 Å².